The van der Waals surface area contributed by atoms with E-state index >= 15 is 0 Å². The highest BCUT2D eigenvalue weighted by atomic mass is 16.5. The summed E-state index contributed by atoms with van der Waals surface area (Å²) in [6.45, 7) is 8.81. The molecule has 1 unspecified atom stereocenters. The molecule has 0 aromatic heterocycles. The van der Waals surface area contributed by atoms with E-state index in [1.165, 1.54) is 18.4 Å². The van der Waals surface area contributed by atoms with Crippen LogP contribution in [0.25, 0.3) is 0 Å². The second kappa shape index (κ2) is 14.2. The normalized spacial score (nSPS) is 26.7. The number of alkyl carbamates (subject to hydrolysis) is 1. The quantitative estimate of drug-likeness (QED) is 0.301. The Labute approximate surface area is 274 Å². The van der Waals surface area contributed by atoms with E-state index in [0.29, 0.717) is 56.0 Å². The van der Waals surface area contributed by atoms with Crippen LogP contribution < -0.4 is 10.6 Å². The van der Waals surface area contributed by atoms with Crippen molar-refractivity contribution in [3.8, 4) is 0 Å². The first-order valence-corrected chi connectivity index (χ1v) is 17.6. The zero-order valence-electron chi connectivity index (χ0n) is 27.7. The van der Waals surface area contributed by atoms with Crippen molar-refractivity contribution in [1.82, 2.24) is 20.4 Å². The Morgan fingerprint density at radius 1 is 0.957 bits per heavy atom. The number of ether oxygens (including phenoxy) is 1. The van der Waals surface area contributed by atoms with E-state index in [4.69, 9.17) is 4.74 Å². The van der Waals surface area contributed by atoms with Crippen LogP contribution in [0.1, 0.15) is 76.3 Å². The Morgan fingerprint density at radius 2 is 1.65 bits per heavy atom. The van der Waals surface area contributed by atoms with Crippen molar-refractivity contribution < 1.29 is 19.1 Å². The van der Waals surface area contributed by atoms with Crippen molar-refractivity contribution in [2.75, 3.05) is 32.7 Å². The van der Waals surface area contributed by atoms with Gasteiger partial charge in [0.1, 0.15) is 18.2 Å². The average Bonchev–Trinajstić information content (AvgIpc) is 3.08. The Morgan fingerprint density at radius 3 is 2.33 bits per heavy atom. The number of hydrogen-bond acceptors (Lipinski definition) is 5. The molecule has 5 aliphatic rings. The van der Waals surface area contributed by atoms with Crippen LogP contribution in [0.4, 0.5) is 4.79 Å². The first kappa shape index (κ1) is 32.5. The Hall–Kier alpha value is -3.39. The largest absolute Gasteiger partial charge is 0.445 e. The zero-order chi connectivity index (χ0) is 32.1. The number of carbonyl (C=O) groups excluding carboxylic acids is 3. The Kier molecular flexibility index (Phi) is 10.0. The Bertz CT molecular complexity index is 1340. The summed E-state index contributed by atoms with van der Waals surface area (Å²) in [6, 6.07) is 19.7. The molecule has 5 fully saturated rings. The molecule has 2 aromatic carbocycles. The third-order valence-electron chi connectivity index (χ3n) is 11.9. The highest BCUT2D eigenvalue weighted by Gasteiger charge is 2.58. The fraction of sp³-hybridized carbons (Fsp3) is 0.605. The minimum Gasteiger partial charge on any atom is -0.445 e. The van der Waals surface area contributed by atoms with Gasteiger partial charge in [-0.15, -0.1) is 0 Å². The summed E-state index contributed by atoms with van der Waals surface area (Å²) >= 11 is 0. The molecule has 248 valence electrons. The van der Waals surface area contributed by atoms with Crippen LogP contribution in [0.5, 0.6) is 0 Å². The summed E-state index contributed by atoms with van der Waals surface area (Å²) in [5.74, 6) is 2.00. The van der Waals surface area contributed by atoms with Gasteiger partial charge in [-0.25, -0.2) is 4.79 Å². The van der Waals surface area contributed by atoms with Crippen molar-refractivity contribution in [1.29, 1.82) is 0 Å². The number of fused-ring (bicyclic) bond motifs is 2. The van der Waals surface area contributed by atoms with Crippen molar-refractivity contribution in [3.05, 3.63) is 71.8 Å². The standard InChI is InChI=1S/C38H52N4O4/c1-37(2)31-17-16-30(32(37)25-31)26-42-34(43)33(15-9-10-21-39-36(45)46-27-29-13-7-4-8-14-29)40-35(44)38(42)19-23-41(24-20-38)22-18-28-11-5-3-6-12-28/h3-8,11-14,30-33H,9-10,15-27H2,1-2H3,(H,39,45)(H,40,44)/t30-,31+,32?,33+/m1/s1. The van der Waals surface area contributed by atoms with Crippen molar-refractivity contribution in [2.45, 2.75) is 89.8 Å². The molecular formula is C38H52N4O4. The molecule has 0 radical (unpaired) electrons. The van der Waals surface area contributed by atoms with Gasteiger partial charge in [-0.2, -0.15) is 0 Å². The SMILES string of the molecule is CC1(C)C2C[C@@H]1CC[C@@H]2CN1C(=O)[C@H](CCCCNC(=O)OCc2ccccc2)NC(=O)C12CCN(CCc1ccccc1)CC2. The molecule has 7 rings (SSSR count). The lowest BCUT2D eigenvalue weighted by molar-refractivity contribution is -0.168. The maximum atomic E-state index is 14.3. The number of piperidine rings is 1. The van der Waals surface area contributed by atoms with E-state index in [1.54, 1.807) is 0 Å². The van der Waals surface area contributed by atoms with Crippen LogP contribution in [-0.4, -0.2) is 72.0 Å². The number of hydrogen-bond donors (Lipinski definition) is 2. The van der Waals surface area contributed by atoms with E-state index in [-0.39, 0.29) is 18.4 Å². The van der Waals surface area contributed by atoms with Gasteiger partial charge in [0.2, 0.25) is 11.8 Å². The van der Waals surface area contributed by atoms with Crippen LogP contribution in [0.3, 0.4) is 0 Å². The molecule has 2 saturated heterocycles. The van der Waals surface area contributed by atoms with Crippen LogP contribution in [-0.2, 0) is 27.4 Å². The molecule has 3 amide bonds. The first-order valence-electron chi connectivity index (χ1n) is 17.6. The molecule has 2 aromatic rings. The second-order valence-corrected chi connectivity index (χ2v) is 14.8. The summed E-state index contributed by atoms with van der Waals surface area (Å²) in [7, 11) is 0. The number of benzene rings is 2. The average molecular weight is 629 g/mol. The van der Waals surface area contributed by atoms with Crippen LogP contribution in [0, 0.1) is 23.2 Å². The topological polar surface area (TPSA) is 91.0 Å². The molecule has 3 saturated carbocycles. The molecule has 2 aliphatic heterocycles. The number of amides is 3. The van der Waals surface area contributed by atoms with Crippen molar-refractivity contribution >= 4 is 17.9 Å². The number of nitrogens with zero attached hydrogens (tertiary/aromatic N) is 2. The molecule has 2 heterocycles. The van der Waals surface area contributed by atoms with Gasteiger partial charge >= 0.3 is 6.09 Å². The fourth-order valence-electron chi connectivity index (χ4n) is 8.77. The minimum atomic E-state index is -0.758. The summed E-state index contributed by atoms with van der Waals surface area (Å²) in [4.78, 5) is 45.0. The van der Waals surface area contributed by atoms with Gasteiger partial charge in [-0.05, 0) is 92.1 Å². The van der Waals surface area contributed by atoms with E-state index in [9.17, 15) is 14.4 Å². The van der Waals surface area contributed by atoms with E-state index in [2.05, 4.69) is 58.5 Å². The number of piperazine rings is 1. The van der Waals surface area contributed by atoms with Crippen LogP contribution >= 0.6 is 0 Å². The Balaban J connectivity index is 1.04. The third kappa shape index (κ3) is 6.97. The molecule has 1 spiro atoms. The van der Waals surface area contributed by atoms with Gasteiger partial charge in [-0.3, -0.25) is 9.59 Å². The van der Waals surface area contributed by atoms with Crippen LogP contribution in [0.15, 0.2) is 60.7 Å². The molecule has 4 atom stereocenters. The molecule has 3 aliphatic carbocycles. The fourth-order valence-corrected chi connectivity index (χ4v) is 8.77. The third-order valence-corrected chi connectivity index (χ3v) is 11.9. The van der Waals surface area contributed by atoms with Gasteiger partial charge in [0.25, 0.3) is 0 Å². The number of unbranched alkanes of at least 4 members (excludes halogenated alkanes) is 1. The predicted octanol–water partition coefficient (Wildman–Crippen LogP) is 5.56. The zero-order valence-corrected chi connectivity index (χ0v) is 27.7. The minimum absolute atomic E-state index is 0.0315. The number of likely N-dealkylation sites (tertiary alicyclic amines) is 1. The van der Waals surface area contributed by atoms with Crippen LogP contribution in [0.2, 0.25) is 0 Å². The highest BCUT2D eigenvalue weighted by molar-refractivity contribution is 6.00. The first-order chi connectivity index (χ1) is 22.3. The molecule has 46 heavy (non-hydrogen) atoms. The predicted molar refractivity (Wildman–Crippen MR) is 179 cm³/mol. The monoisotopic (exact) mass is 628 g/mol. The second-order valence-electron chi connectivity index (χ2n) is 14.8. The number of nitrogens with one attached hydrogen (secondary N) is 2. The number of rotatable bonds is 12. The lowest BCUT2D eigenvalue weighted by atomic mass is 9.45. The van der Waals surface area contributed by atoms with E-state index < -0.39 is 17.7 Å². The summed E-state index contributed by atoms with van der Waals surface area (Å²) in [5, 5.41) is 5.99. The maximum absolute atomic E-state index is 14.3. The lowest BCUT2D eigenvalue weighted by Gasteiger charge is -2.62. The van der Waals surface area contributed by atoms with Gasteiger partial charge in [0.15, 0.2) is 0 Å². The molecule has 2 N–H and O–H groups in total. The van der Waals surface area contributed by atoms with E-state index in [1.807, 2.05) is 36.4 Å². The molecule has 8 nitrogen and oxygen atoms in total. The molecule has 2 bridgehead atoms. The summed E-state index contributed by atoms with van der Waals surface area (Å²) in [5.41, 5.74) is 1.84. The van der Waals surface area contributed by atoms with Gasteiger partial charge in [0.05, 0.1) is 0 Å². The van der Waals surface area contributed by atoms with E-state index in [0.717, 1.165) is 50.4 Å². The summed E-state index contributed by atoms with van der Waals surface area (Å²) < 4.78 is 5.31. The molecule has 8 heteroatoms. The molecular weight excluding hydrogens is 576 g/mol. The van der Waals surface area contributed by atoms with Crippen molar-refractivity contribution in [2.24, 2.45) is 23.2 Å². The van der Waals surface area contributed by atoms with Gasteiger partial charge in [0, 0.05) is 32.7 Å². The maximum Gasteiger partial charge on any atom is 0.407 e. The smallest absolute Gasteiger partial charge is 0.407 e. The lowest BCUT2D eigenvalue weighted by Crippen LogP contribution is -2.74. The van der Waals surface area contributed by atoms with Gasteiger partial charge in [-0.1, -0.05) is 74.5 Å². The highest BCUT2D eigenvalue weighted by Crippen LogP contribution is 2.61. The number of carbonyl (C=O) groups is 3. The summed E-state index contributed by atoms with van der Waals surface area (Å²) in [6.07, 6.45) is 7.57. The van der Waals surface area contributed by atoms with Crippen molar-refractivity contribution in [3.63, 3.8) is 0 Å². The van der Waals surface area contributed by atoms with Gasteiger partial charge < -0.3 is 25.2 Å².